The number of nitrogens with one attached hydrogen (secondary N) is 1. The van der Waals surface area contributed by atoms with Crippen molar-refractivity contribution in [2.75, 3.05) is 6.54 Å². The molecule has 8 heteroatoms. The molecule has 34 heavy (non-hydrogen) atoms. The molecule has 0 radical (unpaired) electrons. The third-order valence-corrected chi connectivity index (χ3v) is 6.10. The number of hydrogen-bond acceptors (Lipinski definition) is 4. The van der Waals surface area contributed by atoms with E-state index in [1.54, 1.807) is 51.7 Å². The second-order valence-electron chi connectivity index (χ2n) is 8.19. The standard InChI is InChI=1S/C26H24ClN3O4/c27-22-12-8-20(9-13-22)16-30-23(14-18-4-2-1-3-5-18)26(33)29(17-24(30)31)15-19-6-10-21(11-7-19)25(32)28-34/h1-13,23,34H,14-17H2,(H,28,32)/t23-/m1/s1. The third kappa shape index (κ3) is 5.44. The Bertz CT molecular complexity index is 1170. The lowest BCUT2D eigenvalue weighted by molar-refractivity contribution is -0.157. The van der Waals surface area contributed by atoms with Gasteiger partial charge in [0, 0.05) is 30.1 Å². The summed E-state index contributed by atoms with van der Waals surface area (Å²) in [6, 6.07) is 22.8. The molecule has 0 aliphatic carbocycles. The van der Waals surface area contributed by atoms with Crippen LogP contribution in [-0.4, -0.2) is 45.3 Å². The predicted octanol–water partition coefficient (Wildman–Crippen LogP) is 3.44. The van der Waals surface area contributed by atoms with Gasteiger partial charge >= 0.3 is 0 Å². The maximum atomic E-state index is 13.6. The van der Waals surface area contributed by atoms with Gasteiger partial charge in [0.05, 0.1) is 0 Å². The fourth-order valence-corrected chi connectivity index (χ4v) is 4.18. The van der Waals surface area contributed by atoms with Crippen LogP contribution in [0.4, 0.5) is 0 Å². The minimum atomic E-state index is -0.640. The van der Waals surface area contributed by atoms with Crippen molar-refractivity contribution in [2.24, 2.45) is 0 Å². The highest BCUT2D eigenvalue weighted by molar-refractivity contribution is 6.30. The minimum Gasteiger partial charge on any atom is -0.327 e. The lowest BCUT2D eigenvalue weighted by Gasteiger charge is -2.40. The Balaban J connectivity index is 1.56. The van der Waals surface area contributed by atoms with E-state index in [0.29, 0.717) is 23.6 Å². The molecule has 7 nitrogen and oxygen atoms in total. The highest BCUT2D eigenvalue weighted by Gasteiger charge is 2.39. The van der Waals surface area contributed by atoms with Gasteiger partial charge in [-0.15, -0.1) is 0 Å². The maximum absolute atomic E-state index is 13.6. The Morgan fingerprint density at radius 3 is 2.15 bits per heavy atom. The Morgan fingerprint density at radius 2 is 1.50 bits per heavy atom. The SMILES string of the molecule is O=C(NO)c1ccc(CN2CC(=O)N(Cc3ccc(Cl)cc3)[C@H](Cc3ccccc3)C2=O)cc1. The summed E-state index contributed by atoms with van der Waals surface area (Å²) >= 11 is 6.00. The molecule has 1 heterocycles. The average molecular weight is 478 g/mol. The highest BCUT2D eigenvalue weighted by Crippen LogP contribution is 2.22. The Morgan fingerprint density at radius 1 is 0.882 bits per heavy atom. The molecule has 1 atom stereocenters. The molecule has 0 saturated carbocycles. The average Bonchev–Trinajstić information content (AvgIpc) is 2.86. The second-order valence-corrected chi connectivity index (χ2v) is 8.62. The van der Waals surface area contributed by atoms with Gasteiger partial charge in [-0.1, -0.05) is 66.2 Å². The van der Waals surface area contributed by atoms with Crippen molar-refractivity contribution in [1.29, 1.82) is 0 Å². The maximum Gasteiger partial charge on any atom is 0.274 e. The van der Waals surface area contributed by atoms with Crippen molar-refractivity contribution in [1.82, 2.24) is 15.3 Å². The molecule has 0 unspecified atom stereocenters. The molecule has 3 aromatic carbocycles. The smallest absolute Gasteiger partial charge is 0.274 e. The van der Waals surface area contributed by atoms with Gasteiger partial charge in [0.15, 0.2) is 0 Å². The predicted molar refractivity (Wildman–Crippen MR) is 127 cm³/mol. The van der Waals surface area contributed by atoms with Crippen LogP contribution in [0.1, 0.15) is 27.0 Å². The topological polar surface area (TPSA) is 89.9 Å². The Kier molecular flexibility index (Phi) is 7.25. The summed E-state index contributed by atoms with van der Waals surface area (Å²) in [7, 11) is 0. The first kappa shape index (κ1) is 23.5. The van der Waals surface area contributed by atoms with E-state index in [1.165, 1.54) is 0 Å². The first-order valence-corrected chi connectivity index (χ1v) is 11.2. The van der Waals surface area contributed by atoms with Crippen molar-refractivity contribution in [2.45, 2.75) is 25.6 Å². The monoisotopic (exact) mass is 477 g/mol. The summed E-state index contributed by atoms with van der Waals surface area (Å²) in [4.78, 5) is 41.5. The molecule has 1 aliphatic rings. The molecule has 2 N–H and O–H groups in total. The number of piperazine rings is 1. The minimum absolute atomic E-state index is 0.0312. The van der Waals surface area contributed by atoms with Crippen molar-refractivity contribution >= 4 is 29.3 Å². The summed E-state index contributed by atoms with van der Waals surface area (Å²) in [6.45, 7) is 0.528. The van der Waals surface area contributed by atoms with Gasteiger partial charge in [0.1, 0.15) is 12.6 Å². The largest absolute Gasteiger partial charge is 0.327 e. The van der Waals surface area contributed by atoms with E-state index in [4.69, 9.17) is 16.8 Å². The van der Waals surface area contributed by atoms with Crippen molar-refractivity contribution in [3.63, 3.8) is 0 Å². The van der Waals surface area contributed by atoms with Crippen molar-refractivity contribution in [3.05, 3.63) is 106 Å². The van der Waals surface area contributed by atoms with E-state index in [1.807, 2.05) is 42.5 Å². The van der Waals surface area contributed by atoms with E-state index in [-0.39, 0.29) is 24.9 Å². The number of amides is 3. The molecule has 3 amide bonds. The second kappa shape index (κ2) is 10.5. The Hall–Kier alpha value is -3.68. The molecule has 0 bridgehead atoms. The number of benzene rings is 3. The molecule has 1 aliphatic heterocycles. The van der Waals surface area contributed by atoms with E-state index in [2.05, 4.69) is 0 Å². The number of halogens is 1. The molecule has 1 fully saturated rings. The van der Waals surface area contributed by atoms with Crippen LogP contribution in [0, 0.1) is 0 Å². The number of hydroxylamine groups is 1. The van der Waals surface area contributed by atoms with Gasteiger partial charge in [-0.05, 0) is 41.0 Å². The van der Waals surface area contributed by atoms with Gasteiger partial charge in [0.25, 0.3) is 5.91 Å². The molecule has 0 aromatic heterocycles. The van der Waals surface area contributed by atoms with Crippen LogP contribution in [-0.2, 0) is 29.1 Å². The third-order valence-electron chi connectivity index (χ3n) is 5.85. The van der Waals surface area contributed by atoms with Gasteiger partial charge < -0.3 is 9.80 Å². The van der Waals surface area contributed by atoms with Gasteiger partial charge in [0.2, 0.25) is 11.8 Å². The van der Waals surface area contributed by atoms with Crippen LogP contribution >= 0.6 is 11.6 Å². The highest BCUT2D eigenvalue weighted by atomic mass is 35.5. The first-order chi connectivity index (χ1) is 16.4. The van der Waals surface area contributed by atoms with Gasteiger partial charge in [-0.2, -0.15) is 0 Å². The first-order valence-electron chi connectivity index (χ1n) is 10.8. The quantitative estimate of drug-likeness (QED) is 0.403. The zero-order chi connectivity index (χ0) is 24.1. The fraction of sp³-hybridized carbons (Fsp3) is 0.192. The van der Waals surface area contributed by atoms with Crippen LogP contribution in [0.25, 0.3) is 0 Å². The van der Waals surface area contributed by atoms with Crippen molar-refractivity contribution < 1.29 is 19.6 Å². The van der Waals surface area contributed by atoms with Crippen LogP contribution in [0.3, 0.4) is 0 Å². The fourth-order valence-electron chi connectivity index (χ4n) is 4.05. The van der Waals surface area contributed by atoms with E-state index >= 15 is 0 Å². The molecular weight excluding hydrogens is 454 g/mol. The summed E-state index contributed by atoms with van der Waals surface area (Å²) in [5.74, 6) is -0.877. The molecular formula is C26H24ClN3O4. The van der Waals surface area contributed by atoms with Gasteiger partial charge in [-0.25, -0.2) is 5.48 Å². The molecule has 3 aromatic rings. The van der Waals surface area contributed by atoms with Crippen molar-refractivity contribution in [3.8, 4) is 0 Å². The zero-order valence-electron chi connectivity index (χ0n) is 18.4. The molecule has 4 rings (SSSR count). The number of carbonyl (C=O) groups is 3. The number of nitrogens with zero attached hydrogens (tertiary/aromatic N) is 2. The lowest BCUT2D eigenvalue weighted by Crippen LogP contribution is -2.59. The van der Waals surface area contributed by atoms with Crippen LogP contribution < -0.4 is 5.48 Å². The Labute approximate surface area is 202 Å². The van der Waals surface area contributed by atoms with Crippen LogP contribution in [0.2, 0.25) is 5.02 Å². The normalized spacial score (nSPS) is 16.0. The number of rotatable bonds is 7. The molecule has 1 saturated heterocycles. The van der Waals surface area contributed by atoms with Gasteiger partial charge in [-0.3, -0.25) is 19.6 Å². The zero-order valence-corrected chi connectivity index (χ0v) is 19.1. The number of carbonyl (C=O) groups excluding carboxylic acids is 3. The summed E-state index contributed by atoms with van der Waals surface area (Å²) in [5.41, 5.74) is 4.53. The van der Waals surface area contributed by atoms with E-state index in [0.717, 1.165) is 16.7 Å². The summed E-state index contributed by atoms with van der Waals surface area (Å²) in [6.07, 6.45) is 0.408. The van der Waals surface area contributed by atoms with Crippen LogP contribution in [0.15, 0.2) is 78.9 Å². The lowest BCUT2D eigenvalue weighted by atomic mass is 9.99. The van der Waals surface area contributed by atoms with Crippen LogP contribution in [0.5, 0.6) is 0 Å². The molecule has 0 spiro atoms. The summed E-state index contributed by atoms with van der Waals surface area (Å²) < 4.78 is 0. The molecule has 174 valence electrons. The summed E-state index contributed by atoms with van der Waals surface area (Å²) in [5, 5.41) is 9.39. The van der Waals surface area contributed by atoms with E-state index < -0.39 is 11.9 Å². The number of hydrogen-bond donors (Lipinski definition) is 2. The van der Waals surface area contributed by atoms with E-state index in [9.17, 15) is 14.4 Å².